The van der Waals surface area contributed by atoms with Crippen LogP contribution in [0.4, 0.5) is 0 Å². The molecule has 2 N–H and O–H groups in total. The molecule has 0 bridgehead atoms. The highest BCUT2D eigenvalue weighted by molar-refractivity contribution is 6.35. The summed E-state index contributed by atoms with van der Waals surface area (Å²) in [6.07, 6.45) is 0.692. The van der Waals surface area contributed by atoms with Crippen LogP contribution in [0.15, 0.2) is 18.2 Å². The summed E-state index contributed by atoms with van der Waals surface area (Å²) in [5.74, 6) is 0.970. The second kappa shape index (κ2) is 5.69. The summed E-state index contributed by atoms with van der Waals surface area (Å²) in [6.45, 7) is 3.39. The Labute approximate surface area is 112 Å². The predicted octanol–water partition coefficient (Wildman–Crippen LogP) is 2.23. The molecule has 0 spiro atoms. The molecule has 0 fully saturated rings. The number of rotatable bonds is 5. The van der Waals surface area contributed by atoms with Crippen LogP contribution >= 0.6 is 11.6 Å². The number of hydrogen-bond acceptors (Lipinski definition) is 3. The third-order valence-corrected chi connectivity index (χ3v) is 3.42. The van der Waals surface area contributed by atoms with Crippen molar-refractivity contribution in [1.82, 2.24) is 9.55 Å². The van der Waals surface area contributed by atoms with E-state index in [-0.39, 0.29) is 6.10 Å². The van der Waals surface area contributed by atoms with Crippen molar-refractivity contribution >= 4 is 22.6 Å². The van der Waals surface area contributed by atoms with Crippen molar-refractivity contribution < 1.29 is 4.74 Å². The van der Waals surface area contributed by atoms with Gasteiger partial charge in [0.15, 0.2) is 0 Å². The number of hydrogen-bond donors (Lipinski definition) is 1. The van der Waals surface area contributed by atoms with E-state index in [0.717, 1.165) is 28.4 Å². The molecule has 5 heteroatoms. The zero-order valence-corrected chi connectivity index (χ0v) is 11.4. The first-order valence-electron chi connectivity index (χ1n) is 6.07. The number of nitrogens with two attached hydrogens (primary N) is 1. The van der Waals surface area contributed by atoms with E-state index in [1.165, 1.54) is 0 Å². The Bertz CT molecular complexity index is 534. The topological polar surface area (TPSA) is 53.1 Å². The van der Waals surface area contributed by atoms with E-state index >= 15 is 0 Å². The molecule has 4 nitrogen and oxygen atoms in total. The van der Waals surface area contributed by atoms with Crippen LogP contribution in [0.1, 0.15) is 12.7 Å². The minimum Gasteiger partial charge on any atom is -0.380 e. The fourth-order valence-corrected chi connectivity index (χ4v) is 2.42. The lowest BCUT2D eigenvalue weighted by Gasteiger charge is -2.13. The van der Waals surface area contributed by atoms with Crippen LogP contribution in [0.5, 0.6) is 0 Å². The third-order valence-electron chi connectivity index (χ3n) is 3.12. The molecule has 2 aromatic rings. The highest BCUT2D eigenvalue weighted by atomic mass is 35.5. The Balaban J connectivity index is 2.47. The molecule has 2 rings (SSSR count). The van der Waals surface area contributed by atoms with Crippen molar-refractivity contribution in [3.63, 3.8) is 0 Å². The van der Waals surface area contributed by atoms with Gasteiger partial charge in [-0.2, -0.15) is 0 Å². The molecule has 1 aromatic carbocycles. The number of benzene rings is 1. The van der Waals surface area contributed by atoms with E-state index in [1.54, 1.807) is 7.11 Å². The second-order valence-electron chi connectivity index (χ2n) is 4.18. The van der Waals surface area contributed by atoms with Crippen molar-refractivity contribution in [1.29, 1.82) is 0 Å². The summed E-state index contributed by atoms with van der Waals surface area (Å²) < 4.78 is 7.44. The van der Waals surface area contributed by atoms with Crippen LogP contribution < -0.4 is 5.73 Å². The molecule has 1 aromatic heterocycles. The van der Waals surface area contributed by atoms with Gasteiger partial charge >= 0.3 is 0 Å². The molecule has 0 saturated carbocycles. The average molecular weight is 268 g/mol. The molecule has 0 aliphatic heterocycles. The van der Waals surface area contributed by atoms with Crippen LogP contribution in [-0.4, -0.2) is 29.3 Å². The van der Waals surface area contributed by atoms with Crippen LogP contribution in [0.3, 0.4) is 0 Å². The maximum Gasteiger partial charge on any atom is 0.112 e. The summed E-state index contributed by atoms with van der Waals surface area (Å²) in [5, 5.41) is 0.731. The molecular formula is C13H18ClN3O. The van der Waals surface area contributed by atoms with E-state index in [4.69, 9.17) is 22.1 Å². The van der Waals surface area contributed by atoms with Crippen molar-refractivity contribution in [2.75, 3.05) is 13.7 Å². The van der Waals surface area contributed by atoms with Crippen LogP contribution in [0, 0.1) is 0 Å². The van der Waals surface area contributed by atoms with Crippen LogP contribution in [0.25, 0.3) is 11.0 Å². The maximum atomic E-state index is 6.24. The van der Waals surface area contributed by atoms with Crippen molar-refractivity contribution in [2.24, 2.45) is 5.73 Å². The molecule has 0 aliphatic carbocycles. The first-order chi connectivity index (χ1) is 8.71. The number of nitrogens with zero attached hydrogens (tertiary/aromatic N) is 2. The summed E-state index contributed by atoms with van der Waals surface area (Å²) in [6, 6.07) is 5.78. The van der Waals surface area contributed by atoms with Gasteiger partial charge in [0.1, 0.15) is 5.82 Å². The first kappa shape index (κ1) is 13.3. The molecule has 1 atom stereocenters. The lowest BCUT2D eigenvalue weighted by atomic mass is 10.2. The van der Waals surface area contributed by atoms with E-state index in [9.17, 15) is 0 Å². The lowest BCUT2D eigenvalue weighted by molar-refractivity contribution is 0.107. The van der Waals surface area contributed by atoms with Crippen molar-refractivity contribution in [3.05, 3.63) is 29.0 Å². The molecular weight excluding hydrogens is 250 g/mol. The van der Waals surface area contributed by atoms with E-state index in [2.05, 4.69) is 16.5 Å². The van der Waals surface area contributed by atoms with Crippen LogP contribution in [-0.2, 0) is 17.7 Å². The van der Waals surface area contributed by atoms with E-state index < -0.39 is 0 Å². The Morgan fingerprint density at radius 3 is 2.89 bits per heavy atom. The minimum atomic E-state index is -0.00844. The fraction of sp³-hybridized carbons (Fsp3) is 0.462. The van der Waals surface area contributed by atoms with Gasteiger partial charge in [-0.1, -0.05) is 17.7 Å². The number of halogens is 1. The van der Waals surface area contributed by atoms with Gasteiger partial charge in [-0.3, -0.25) is 0 Å². The van der Waals surface area contributed by atoms with Gasteiger partial charge in [0.2, 0.25) is 0 Å². The fourth-order valence-electron chi connectivity index (χ4n) is 2.15. The minimum absolute atomic E-state index is 0.00844. The maximum absolute atomic E-state index is 6.24. The first-order valence-corrected chi connectivity index (χ1v) is 6.45. The van der Waals surface area contributed by atoms with Crippen molar-refractivity contribution in [2.45, 2.75) is 26.0 Å². The standard InChI is InChI=1S/C13H18ClN3O/c1-3-17-12(7-9(8-15)18-2)16-11-6-4-5-10(14)13(11)17/h4-6,9H,3,7-8,15H2,1-2H3. The Kier molecular flexibility index (Phi) is 4.22. The molecule has 0 saturated heterocycles. The average Bonchev–Trinajstić information content (AvgIpc) is 2.74. The van der Waals surface area contributed by atoms with Gasteiger partial charge < -0.3 is 15.0 Å². The normalized spacial score (nSPS) is 13.1. The summed E-state index contributed by atoms with van der Waals surface area (Å²) in [4.78, 5) is 4.62. The quantitative estimate of drug-likeness (QED) is 0.904. The summed E-state index contributed by atoms with van der Waals surface area (Å²) >= 11 is 6.24. The SMILES string of the molecule is CCn1c(CC(CN)OC)nc2cccc(Cl)c21. The third kappa shape index (κ3) is 2.36. The number of fused-ring (bicyclic) bond motifs is 1. The van der Waals surface area contributed by atoms with E-state index in [1.807, 2.05) is 18.2 Å². The van der Waals surface area contributed by atoms with Gasteiger partial charge in [0.25, 0.3) is 0 Å². The number of ether oxygens (including phenoxy) is 1. The van der Waals surface area contributed by atoms with Gasteiger partial charge in [-0.25, -0.2) is 4.98 Å². The molecule has 1 heterocycles. The number of imidazole rings is 1. The Morgan fingerprint density at radius 1 is 1.50 bits per heavy atom. The second-order valence-corrected chi connectivity index (χ2v) is 4.58. The number of aromatic nitrogens is 2. The lowest BCUT2D eigenvalue weighted by Crippen LogP contribution is -2.26. The molecule has 98 valence electrons. The zero-order chi connectivity index (χ0) is 13.1. The largest absolute Gasteiger partial charge is 0.380 e. The predicted molar refractivity (Wildman–Crippen MR) is 74.0 cm³/mol. The van der Waals surface area contributed by atoms with Gasteiger partial charge in [-0.05, 0) is 19.1 Å². The van der Waals surface area contributed by atoms with E-state index in [0.29, 0.717) is 13.0 Å². The highest BCUT2D eigenvalue weighted by Crippen LogP contribution is 2.25. The van der Waals surface area contributed by atoms with Crippen molar-refractivity contribution in [3.8, 4) is 0 Å². The molecule has 0 radical (unpaired) electrons. The van der Waals surface area contributed by atoms with Gasteiger partial charge in [0.05, 0.1) is 22.2 Å². The smallest absolute Gasteiger partial charge is 0.112 e. The Morgan fingerprint density at radius 2 is 2.28 bits per heavy atom. The molecule has 1 unspecified atom stereocenters. The Hall–Kier alpha value is -1.10. The molecule has 0 aliphatic rings. The number of methoxy groups -OCH3 is 1. The number of para-hydroxylation sites is 1. The van der Waals surface area contributed by atoms with Crippen LogP contribution in [0.2, 0.25) is 5.02 Å². The molecule has 0 amide bonds. The monoisotopic (exact) mass is 267 g/mol. The highest BCUT2D eigenvalue weighted by Gasteiger charge is 2.15. The number of aryl methyl sites for hydroxylation is 1. The molecule has 18 heavy (non-hydrogen) atoms. The van der Waals surface area contributed by atoms with Gasteiger partial charge in [-0.15, -0.1) is 0 Å². The summed E-state index contributed by atoms with van der Waals surface area (Å²) in [5.41, 5.74) is 7.57. The van der Waals surface area contributed by atoms with Gasteiger partial charge in [0, 0.05) is 26.6 Å². The summed E-state index contributed by atoms with van der Waals surface area (Å²) in [7, 11) is 1.67. The zero-order valence-electron chi connectivity index (χ0n) is 10.7.